The van der Waals surface area contributed by atoms with Gasteiger partial charge in [0.25, 0.3) is 11.6 Å². The molecule has 5 nitrogen and oxygen atoms in total. The van der Waals surface area contributed by atoms with Crippen LogP contribution in [0.5, 0.6) is 0 Å². The first-order chi connectivity index (χ1) is 8.32. The molecule has 0 radical (unpaired) electrons. The Morgan fingerprint density at radius 3 is 2.72 bits per heavy atom. The molecule has 0 fully saturated rings. The Labute approximate surface area is 107 Å². The lowest BCUT2D eigenvalue weighted by Gasteiger charge is -2.06. The van der Waals surface area contributed by atoms with Crippen LogP contribution in [-0.4, -0.2) is 17.4 Å². The van der Waals surface area contributed by atoms with E-state index in [1.54, 1.807) is 0 Å². The quantitative estimate of drug-likeness (QED) is 0.676. The van der Waals surface area contributed by atoms with Crippen LogP contribution in [0.2, 0.25) is 0 Å². The smallest absolute Gasteiger partial charge is 0.270 e. The Morgan fingerprint density at radius 1 is 1.61 bits per heavy atom. The lowest BCUT2D eigenvalue weighted by atomic mass is 10.1. The summed E-state index contributed by atoms with van der Waals surface area (Å²) in [6, 6.07) is 1.95. The van der Waals surface area contributed by atoms with Gasteiger partial charge in [-0.2, -0.15) is 0 Å². The van der Waals surface area contributed by atoms with Crippen molar-refractivity contribution in [3.05, 3.63) is 50.8 Å². The number of halogens is 2. The molecule has 0 spiro atoms. The molecule has 0 unspecified atom stereocenters. The van der Waals surface area contributed by atoms with Crippen molar-refractivity contribution in [1.29, 1.82) is 0 Å². The molecule has 1 amide bonds. The average molecular weight is 273 g/mol. The van der Waals surface area contributed by atoms with Gasteiger partial charge in [0.15, 0.2) is 0 Å². The average Bonchev–Trinajstić information content (AvgIpc) is 2.29. The van der Waals surface area contributed by atoms with Crippen molar-refractivity contribution < 1.29 is 14.1 Å². The first-order valence-corrected chi connectivity index (χ1v) is 5.26. The highest BCUT2D eigenvalue weighted by Crippen LogP contribution is 2.21. The molecule has 1 aromatic rings. The van der Waals surface area contributed by atoms with E-state index < -0.39 is 16.6 Å². The topological polar surface area (TPSA) is 72.2 Å². The van der Waals surface area contributed by atoms with Crippen LogP contribution in [0.1, 0.15) is 15.9 Å². The number of nitro benzene ring substituents is 1. The van der Waals surface area contributed by atoms with Gasteiger partial charge >= 0.3 is 0 Å². The molecule has 1 rings (SSSR count). The predicted molar refractivity (Wildman–Crippen MR) is 65.1 cm³/mol. The second-order valence-electron chi connectivity index (χ2n) is 3.58. The third-order valence-corrected chi connectivity index (χ3v) is 2.27. The monoisotopic (exact) mass is 272 g/mol. The minimum atomic E-state index is -0.793. The maximum Gasteiger partial charge on any atom is 0.270 e. The highest BCUT2D eigenvalue weighted by molar-refractivity contribution is 6.29. The molecule has 7 heteroatoms. The first kappa shape index (κ1) is 14.1. The maximum atomic E-state index is 13.7. The number of amides is 1. The summed E-state index contributed by atoms with van der Waals surface area (Å²) >= 11 is 5.45. The molecule has 0 aliphatic heterocycles. The Bertz CT molecular complexity index is 531. The van der Waals surface area contributed by atoms with Crippen LogP contribution < -0.4 is 5.32 Å². The molecular weight excluding hydrogens is 263 g/mol. The van der Waals surface area contributed by atoms with Crippen molar-refractivity contribution in [3.63, 3.8) is 0 Å². The largest absolute Gasteiger partial charge is 0.347 e. The number of rotatable bonds is 4. The fraction of sp³-hybridized carbons (Fsp3) is 0.182. The lowest BCUT2D eigenvalue weighted by molar-refractivity contribution is -0.385. The highest BCUT2D eigenvalue weighted by Gasteiger charge is 2.19. The Kier molecular flexibility index (Phi) is 4.38. The van der Waals surface area contributed by atoms with Crippen LogP contribution in [0, 0.1) is 22.9 Å². The second-order valence-corrected chi connectivity index (χ2v) is 4.12. The Morgan fingerprint density at radius 2 is 2.22 bits per heavy atom. The number of carbonyl (C=O) groups is 1. The molecule has 0 heterocycles. The van der Waals surface area contributed by atoms with Gasteiger partial charge in [0.05, 0.1) is 17.0 Å². The zero-order valence-electron chi connectivity index (χ0n) is 9.50. The summed E-state index contributed by atoms with van der Waals surface area (Å²) < 4.78 is 13.7. The van der Waals surface area contributed by atoms with Crippen LogP contribution >= 0.6 is 11.6 Å². The van der Waals surface area contributed by atoms with E-state index in [4.69, 9.17) is 11.6 Å². The SMILES string of the molecule is C=C(Cl)CNC(=O)c1cc([N+](=O)[O-])cc(C)c1F. The van der Waals surface area contributed by atoms with Crippen molar-refractivity contribution >= 4 is 23.2 Å². The molecular formula is C11H10ClFN2O3. The third kappa shape index (κ3) is 3.27. The summed E-state index contributed by atoms with van der Waals surface area (Å²) in [7, 11) is 0. The van der Waals surface area contributed by atoms with Crippen LogP contribution in [0.15, 0.2) is 23.7 Å². The summed E-state index contributed by atoms with van der Waals surface area (Å²) in [6.07, 6.45) is 0. The first-order valence-electron chi connectivity index (χ1n) is 4.89. The number of nitro groups is 1. The van der Waals surface area contributed by atoms with Crippen molar-refractivity contribution in [2.75, 3.05) is 6.54 Å². The molecule has 0 atom stereocenters. The Balaban J connectivity index is 3.10. The Hall–Kier alpha value is -1.95. The molecule has 0 aromatic heterocycles. The van der Waals surface area contributed by atoms with Gasteiger partial charge in [0, 0.05) is 17.2 Å². The minimum absolute atomic E-state index is 0.0269. The van der Waals surface area contributed by atoms with Gasteiger partial charge in [-0.15, -0.1) is 0 Å². The van der Waals surface area contributed by atoms with E-state index in [0.717, 1.165) is 12.1 Å². The standard InChI is InChI=1S/C11H10ClFN2O3/c1-6-3-8(15(17)18)4-9(10(6)13)11(16)14-5-7(2)12/h3-4H,2,5H2,1H3,(H,14,16). The molecule has 18 heavy (non-hydrogen) atoms. The van der Waals surface area contributed by atoms with E-state index in [0.29, 0.717) is 0 Å². The fourth-order valence-corrected chi connectivity index (χ4v) is 1.36. The number of nitrogens with zero attached hydrogens (tertiary/aromatic N) is 1. The van der Waals surface area contributed by atoms with Gasteiger partial charge < -0.3 is 5.32 Å². The molecule has 1 aromatic carbocycles. The fourth-order valence-electron chi connectivity index (χ4n) is 1.29. The molecule has 0 saturated carbocycles. The summed E-state index contributed by atoms with van der Waals surface area (Å²) in [5.74, 6) is -1.57. The zero-order valence-corrected chi connectivity index (χ0v) is 10.3. The number of carbonyl (C=O) groups excluding carboxylic acids is 1. The molecule has 0 aliphatic rings. The zero-order chi connectivity index (χ0) is 13.9. The molecule has 0 aliphatic carbocycles. The summed E-state index contributed by atoms with van der Waals surface area (Å²) in [6.45, 7) is 4.66. The molecule has 1 N–H and O–H groups in total. The van der Waals surface area contributed by atoms with Crippen molar-refractivity contribution in [3.8, 4) is 0 Å². The third-order valence-electron chi connectivity index (χ3n) is 2.14. The van der Waals surface area contributed by atoms with E-state index >= 15 is 0 Å². The maximum absolute atomic E-state index is 13.7. The van der Waals surface area contributed by atoms with Gasteiger partial charge in [0.2, 0.25) is 0 Å². The van der Waals surface area contributed by atoms with Gasteiger partial charge in [-0.1, -0.05) is 18.2 Å². The molecule has 0 bridgehead atoms. The normalized spacial score (nSPS) is 9.94. The lowest BCUT2D eigenvalue weighted by Crippen LogP contribution is -2.25. The predicted octanol–water partition coefficient (Wildman–Crippen LogP) is 2.52. The van der Waals surface area contributed by atoms with Crippen LogP contribution in [0.3, 0.4) is 0 Å². The number of benzene rings is 1. The number of nitrogens with one attached hydrogen (secondary N) is 1. The number of hydrogen-bond donors (Lipinski definition) is 1. The summed E-state index contributed by atoms with van der Waals surface area (Å²) in [5, 5.41) is 13.1. The van der Waals surface area contributed by atoms with E-state index in [2.05, 4.69) is 11.9 Å². The van der Waals surface area contributed by atoms with E-state index in [1.807, 2.05) is 0 Å². The van der Waals surface area contributed by atoms with E-state index in [9.17, 15) is 19.3 Å². The summed E-state index contributed by atoms with van der Waals surface area (Å²) in [4.78, 5) is 21.6. The molecule has 0 saturated heterocycles. The summed E-state index contributed by atoms with van der Waals surface area (Å²) in [5.41, 5.74) is -0.706. The van der Waals surface area contributed by atoms with E-state index in [1.165, 1.54) is 6.92 Å². The van der Waals surface area contributed by atoms with Crippen molar-refractivity contribution in [1.82, 2.24) is 5.32 Å². The van der Waals surface area contributed by atoms with Gasteiger partial charge in [0.1, 0.15) is 5.82 Å². The van der Waals surface area contributed by atoms with Crippen LogP contribution in [-0.2, 0) is 0 Å². The number of non-ortho nitro benzene ring substituents is 1. The van der Waals surface area contributed by atoms with Crippen molar-refractivity contribution in [2.45, 2.75) is 6.92 Å². The molecule has 96 valence electrons. The van der Waals surface area contributed by atoms with Crippen molar-refractivity contribution in [2.24, 2.45) is 0 Å². The van der Waals surface area contributed by atoms with Gasteiger partial charge in [-0.3, -0.25) is 14.9 Å². The highest BCUT2D eigenvalue weighted by atomic mass is 35.5. The van der Waals surface area contributed by atoms with E-state index in [-0.39, 0.29) is 28.4 Å². The van der Waals surface area contributed by atoms with Crippen LogP contribution in [0.25, 0.3) is 0 Å². The number of hydrogen-bond acceptors (Lipinski definition) is 3. The number of aryl methyl sites for hydroxylation is 1. The van der Waals surface area contributed by atoms with Gasteiger partial charge in [-0.05, 0) is 12.5 Å². The van der Waals surface area contributed by atoms with Crippen LogP contribution in [0.4, 0.5) is 10.1 Å². The van der Waals surface area contributed by atoms with Gasteiger partial charge in [-0.25, -0.2) is 4.39 Å². The minimum Gasteiger partial charge on any atom is -0.347 e. The second kappa shape index (κ2) is 5.59.